The van der Waals surface area contributed by atoms with Crippen LogP contribution in [0, 0.1) is 11.7 Å². The summed E-state index contributed by atoms with van der Waals surface area (Å²) in [5.41, 5.74) is 6.95. The third kappa shape index (κ3) is 2.92. The van der Waals surface area contributed by atoms with Crippen molar-refractivity contribution in [3.63, 3.8) is 0 Å². The van der Waals surface area contributed by atoms with E-state index >= 15 is 0 Å². The highest BCUT2D eigenvalue weighted by atomic mass is 79.9. The molecule has 0 heterocycles. The summed E-state index contributed by atoms with van der Waals surface area (Å²) < 4.78 is 13.9. The van der Waals surface area contributed by atoms with Crippen LogP contribution in [0.2, 0.25) is 0 Å². The molecule has 0 amide bonds. The molecule has 0 saturated heterocycles. The molecule has 1 saturated carbocycles. The van der Waals surface area contributed by atoms with E-state index in [0.29, 0.717) is 5.92 Å². The fraction of sp³-hybridized carbons (Fsp3) is 0.455. The second kappa shape index (κ2) is 5.28. The lowest BCUT2D eigenvalue weighted by Gasteiger charge is -2.31. The lowest BCUT2D eigenvalue weighted by molar-refractivity contribution is 0.264. The molecule has 0 spiro atoms. The van der Waals surface area contributed by atoms with Gasteiger partial charge in [0.1, 0.15) is 5.82 Å². The molecule has 0 unspecified atom stereocenters. The quantitative estimate of drug-likeness (QED) is 0.882. The van der Waals surface area contributed by atoms with Crippen LogP contribution in [-0.2, 0) is 0 Å². The highest BCUT2D eigenvalue weighted by Gasteiger charge is 2.25. The van der Waals surface area contributed by atoms with Crippen molar-refractivity contribution < 1.29 is 4.39 Å². The van der Waals surface area contributed by atoms with E-state index in [1.807, 2.05) is 6.07 Å². The van der Waals surface area contributed by atoms with Crippen molar-refractivity contribution in [1.29, 1.82) is 0 Å². The van der Waals surface area contributed by atoms with Gasteiger partial charge in [0.05, 0.1) is 0 Å². The standard InChI is InChI=1S/C11H13BrFN.ClH/c12-9-4-8(5-10(13)6-9)11(14)7-2-1-3-7;/h4-7,11H,1-3,14H2;1H/t11-;/m1./s1. The molecule has 15 heavy (non-hydrogen) atoms. The number of hydrogen-bond acceptors (Lipinski definition) is 1. The Morgan fingerprint density at radius 2 is 2.00 bits per heavy atom. The largest absolute Gasteiger partial charge is 0.324 e. The summed E-state index contributed by atoms with van der Waals surface area (Å²) in [4.78, 5) is 0. The number of rotatable bonds is 2. The molecule has 2 N–H and O–H groups in total. The molecular formula is C11H14BrClFN. The molecule has 84 valence electrons. The summed E-state index contributed by atoms with van der Waals surface area (Å²) in [6, 6.07) is 4.90. The second-order valence-electron chi connectivity index (χ2n) is 3.92. The minimum atomic E-state index is -0.218. The molecule has 0 radical (unpaired) electrons. The normalized spacial score (nSPS) is 17.8. The Hall–Kier alpha value is -0.120. The summed E-state index contributed by atoms with van der Waals surface area (Å²) in [5.74, 6) is 0.327. The Balaban J connectivity index is 0.00000112. The van der Waals surface area contributed by atoms with E-state index < -0.39 is 0 Å². The van der Waals surface area contributed by atoms with Gasteiger partial charge in [0.15, 0.2) is 0 Å². The number of nitrogens with two attached hydrogens (primary N) is 1. The van der Waals surface area contributed by atoms with Crippen LogP contribution in [0.25, 0.3) is 0 Å². The van der Waals surface area contributed by atoms with E-state index in [1.165, 1.54) is 31.4 Å². The van der Waals surface area contributed by atoms with Crippen LogP contribution < -0.4 is 5.73 Å². The summed E-state index contributed by atoms with van der Waals surface area (Å²) in [6.45, 7) is 0. The first-order valence-corrected chi connectivity index (χ1v) is 5.67. The Bertz CT molecular complexity index is 321. The van der Waals surface area contributed by atoms with Crippen LogP contribution in [0.4, 0.5) is 4.39 Å². The summed E-state index contributed by atoms with van der Waals surface area (Å²) in [7, 11) is 0. The van der Waals surface area contributed by atoms with E-state index in [4.69, 9.17) is 5.73 Å². The molecule has 4 heteroatoms. The van der Waals surface area contributed by atoms with E-state index in [9.17, 15) is 4.39 Å². The van der Waals surface area contributed by atoms with Gasteiger partial charge in [0, 0.05) is 10.5 Å². The van der Waals surface area contributed by atoms with Gasteiger partial charge >= 0.3 is 0 Å². The highest BCUT2D eigenvalue weighted by molar-refractivity contribution is 9.10. The van der Waals surface area contributed by atoms with E-state index in [2.05, 4.69) is 15.9 Å². The molecule has 0 bridgehead atoms. The van der Waals surface area contributed by atoms with E-state index in [1.54, 1.807) is 0 Å². The van der Waals surface area contributed by atoms with Gasteiger partial charge in [-0.15, -0.1) is 12.4 Å². The molecule has 1 atom stereocenters. The van der Waals surface area contributed by atoms with E-state index in [-0.39, 0.29) is 24.3 Å². The molecule has 1 aromatic rings. The van der Waals surface area contributed by atoms with Gasteiger partial charge in [0.2, 0.25) is 0 Å². The summed E-state index contributed by atoms with van der Waals surface area (Å²) in [5, 5.41) is 0. The Labute approximate surface area is 104 Å². The monoisotopic (exact) mass is 293 g/mol. The van der Waals surface area contributed by atoms with Crippen LogP contribution in [0.5, 0.6) is 0 Å². The topological polar surface area (TPSA) is 26.0 Å². The lowest BCUT2D eigenvalue weighted by Crippen LogP contribution is -2.26. The SMILES string of the molecule is Cl.N[C@@H](c1cc(F)cc(Br)c1)C1CCC1. The molecule has 1 aromatic carbocycles. The van der Waals surface area contributed by atoms with Crippen LogP contribution in [0.15, 0.2) is 22.7 Å². The Kier molecular flexibility index (Phi) is 4.56. The highest BCUT2D eigenvalue weighted by Crippen LogP contribution is 2.36. The average molecular weight is 295 g/mol. The van der Waals surface area contributed by atoms with Crippen LogP contribution in [0.1, 0.15) is 30.9 Å². The Morgan fingerprint density at radius 1 is 1.33 bits per heavy atom. The third-order valence-electron chi connectivity index (χ3n) is 2.93. The average Bonchev–Trinajstić information content (AvgIpc) is 1.98. The Morgan fingerprint density at radius 3 is 2.47 bits per heavy atom. The zero-order chi connectivity index (χ0) is 10.1. The van der Waals surface area contributed by atoms with Crippen molar-refractivity contribution in [3.8, 4) is 0 Å². The zero-order valence-corrected chi connectivity index (χ0v) is 10.7. The van der Waals surface area contributed by atoms with Gasteiger partial charge in [-0.05, 0) is 42.5 Å². The van der Waals surface area contributed by atoms with Gasteiger partial charge in [-0.1, -0.05) is 22.4 Å². The van der Waals surface area contributed by atoms with Crippen molar-refractivity contribution in [2.24, 2.45) is 11.7 Å². The van der Waals surface area contributed by atoms with Crippen molar-refractivity contribution in [2.45, 2.75) is 25.3 Å². The predicted molar refractivity (Wildman–Crippen MR) is 65.6 cm³/mol. The lowest BCUT2D eigenvalue weighted by atomic mass is 9.77. The second-order valence-corrected chi connectivity index (χ2v) is 4.84. The molecular weight excluding hydrogens is 280 g/mol. The maximum absolute atomic E-state index is 13.1. The summed E-state index contributed by atoms with van der Waals surface area (Å²) >= 11 is 3.27. The molecule has 1 nitrogen and oxygen atoms in total. The minimum Gasteiger partial charge on any atom is -0.324 e. The van der Waals surface area contributed by atoms with Gasteiger partial charge in [-0.3, -0.25) is 0 Å². The maximum Gasteiger partial charge on any atom is 0.124 e. The van der Waals surface area contributed by atoms with Crippen LogP contribution in [-0.4, -0.2) is 0 Å². The molecule has 1 aliphatic rings. The zero-order valence-electron chi connectivity index (χ0n) is 8.25. The van der Waals surface area contributed by atoms with Crippen LogP contribution in [0.3, 0.4) is 0 Å². The first-order valence-electron chi connectivity index (χ1n) is 4.88. The van der Waals surface area contributed by atoms with Crippen molar-refractivity contribution in [2.75, 3.05) is 0 Å². The first-order chi connectivity index (χ1) is 6.66. The first kappa shape index (κ1) is 12.9. The number of benzene rings is 1. The predicted octanol–water partition coefficient (Wildman–Crippen LogP) is 3.81. The smallest absolute Gasteiger partial charge is 0.124 e. The number of halogens is 3. The summed E-state index contributed by atoms with van der Waals surface area (Å²) in [6.07, 6.45) is 3.61. The van der Waals surface area contributed by atoms with Gasteiger partial charge < -0.3 is 5.73 Å². The molecule has 2 rings (SSSR count). The van der Waals surface area contributed by atoms with Crippen molar-refractivity contribution >= 4 is 28.3 Å². The van der Waals surface area contributed by atoms with Gasteiger partial charge in [-0.25, -0.2) is 4.39 Å². The van der Waals surface area contributed by atoms with E-state index in [0.717, 1.165) is 10.0 Å². The van der Waals surface area contributed by atoms with Gasteiger partial charge in [-0.2, -0.15) is 0 Å². The maximum atomic E-state index is 13.1. The molecule has 1 aliphatic carbocycles. The fourth-order valence-corrected chi connectivity index (χ4v) is 2.32. The van der Waals surface area contributed by atoms with Crippen LogP contribution >= 0.6 is 28.3 Å². The fourth-order valence-electron chi connectivity index (χ4n) is 1.84. The molecule has 1 fully saturated rings. The third-order valence-corrected chi connectivity index (χ3v) is 3.39. The number of hydrogen-bond donors (Lipinski definition) is 1. The van der Waals surface area contributed by atoms with Crippen molar-refractivity contribution in [3.05, 3.63) is 34.1 Å². The van der Waals surface area contributed by atoms with Crippen molar-refractivity contribution in [1.82, 2.24) is 0 Å². The van der Waals surface area contributed by atoms with Gasteiger partial charge in [0.25, 0.3) is 0 Å². The molecule has 0 aromatic heterocycles. The molecule has 0 aliphatic heterocycles. The minimum absolute atomic E-state index is 0.